The van der Waals surface area contributed by atoms with E-state index in [0.717, 1.165) is 27.6 Å². The maximum atomic E-state index is 12.2. The SMILES string of the molecule is CC.COCC[N+](CCOC)=c1ccc2c(-c3ccccc3)c(C)c(/C=C/C=C/C=C3/N(CCCS(=O)(=O)O)c4ccc(S(=O)(=O)O)cc4C3(C)CCCC(=O)O)oc-2c1. The van der Waals surface area contributed by atoms with Gasteiger partial charge in [0.25, 0.3) is 20.2 Å². The Labute approximate surface area is 353 Å². The monoisotopic (exact) mass is 865 g/mol. The highest BCUT2D eigenvalue weighted by Gasteiger charge is 2.43. The van der Waals surface area contributed by atoms with Crippen LogP contribution >= 0.6 is 0 Å². The summed E-state index contributed by atoms with van der Waals surface area (Å²) < 4.78 is 86.5. The van der Waals surface area contributed by atoms with Gasteiger partial charge in [-0.25, -0.2) is 4.58 Å². The van der Waals surface area contributed by atoms with Crippen LogP contribution < -0.4 is 14.8 Å². The van der Waals surface area contributed by atoms with Crippen LogP contribution in [0.3, 0.4) is 0 Å². The molecule has 324 valence electrons. The molecular formula is C45H57N2O11S2+. The molecule has 3 N–H and O–H groups in total. The number of fused-ring (bicyclic) bond motifs is 2. The summed E-state index contributed by atoms with van der Waals surface area (Å²) in [5.74, 6) is -0.150. The molecule has 13 nitrogen and oxygen atoms in total. The van der Waals surface area contributed by atoms with E-state index in [4.69, 9.17) is 13.9 Å². The molecule has 0 fully saturated rings. The van der Waals surface area contributed by atoms with Crippen molar-refractivity contribution in [3.63, 3.8) is 0 Å². The highest BCUT2D eigenvalue weighted by Crippen LogP contribution is 2.51. The molecule has 2 heterocycles. The minimum atomic E-state index is -4.57. The quantitative estimate of drug-likeness (QED) is 0.0481. The van der Waals surface area contributed by atoms with Crippen LogP contribution in [0.2, 0.25) is 0 Å². The number of ether oxygens (including phenoxy) is 2. The van der Waals surface area contributed by atoms with E-state index < -0.39 is 37.4 Å². The Bertz CT molecular complexity index is 2450. The lowest BCUT2D eigenvalue weighted by Crippen LogP contribution is -2.35. The zero-order valence-electron chi connectivity index (χ0n) is 35.1. The molecule has 0 saturated heterocycles. The number of benzene rings is 3. The van der Waals surface area contributed by atoms with Gasteiger partial charge in [-0.05, 0) is 86.2 Å². The highest BCUT2D eigenvalue weighted by atomic mass is 32.2. The second-order valence-electron chi connectivity index (χ2n) is 14.3. The number of rotatable bonds is 19. The number of methoxy groups -OCH3 is 2. The Morgan fingerprint density at radius 2 is 1.58 bits per heavy atom. The Morgan fingerprint density at radius 1 is 0.900 bits per heavy atom. The van der Waals surface area contributed by atoms with E-state index in [1.165, 1.54) is 12.1 Å². The van der Waals surface area contributed by atoms with Crippen LogP contribution in [0.25, 0.3) is 28.5 Å². The third-order valence-electron chi connectivity index (χ3n) is 10.3. The minimum absolute atomic E-state index is 0.0508. The summed E-state index contributed by atoms with van der Waals surface area (Å²) in [6.45, 7) is 10.4. The molecule has 2 aliphatic heterocycles. The van der Waals surface area contributed by atoms with Crippen molar-refractivity contribution in [2.75, 3.05) is 57.7 Å². The molecule has 2 aromatic carbocycles. The Hall–Kier alpha value is -4.90. The third-order valence-corrected chi connectivity index (χ3v) is 12.0. The molecule has 15 heteroatoms. The Morgan fingerprint density at radius 3 is 2.20 bits per heavy atom. The smallest absolute Gasteiger partial charge is 0.303 e. The first-order chi connectivity index (χ1) is 28.6. The molecule has 3 aliphatic rings. The number of anilines is 1. The van der Waals surface area contributed by atoms with E-state index in [9.17, 15) is 35.8 Å². The largest absolute Gasteiger partial charge is 0.481 e. The normalized spacial score (nSPS) is 16.1. The Kier molecular flexibility index (Phi) is 17.2. The molecule has 60 heavy (non-hydrogen) atoms. The summed E-state index contributed by atoms with van der Waals surface area (Å²) >= 11 is 0. The van der Waals surface area contributed by atoms with Gasteiger partial charge in [-0.1, -0.05) is 62.4 Å². The zero-order valence-corrected chi connectivity index (χ0v) is 36.8. The standard InChI is InChI=1S/C43H50N2O11S2.C2H6/c1-31-38(56-39-29-33(44(24-26-54-3)25-27-55-4)18-20-35(39)42(31)32-13-7-5-8-14-32)15-9-6-10-16-40-43(2,22-11-17-41(46)47)36-30-34(58(51,52)53)19-21-37(36)45(40)23-12-28-57(48,49)50;1-2/h5-10,13-16,18-21,29-30H,11-12,17,22-28H2,1-4H3,(H2-,46,47,48,49,50,51,52,53);1-2H3/p+1. The number of allylic oxidation sites excluding steroid dienone is 5. The molecule has 0 spiro atoms. The van der Waals surface area contributed by atoms with Crippen LogP contribution in [0.5, 0.6) is 0 Å². The van der Waals surface area contributed by atoms with Gasteiger partial charge in [-0.2, -0.15) is 16.8 Å². The van der Waals surface area contributed by atoms with Crippen LogP contribution in [-0.2, 0) is 39.9 Å². The van der Waals surface area contributed by atoms with Gasteiger partial charge in [0.05, 0.1) is 16.7 Å². The third kappa shape index (κ3) is 12.1. The summed E-state index contributed by atoms with van der Waals surface area (Å²) in [5, 5.41) is 10.4. The number of nitrogens with zero attached hydrogens (tertiary/aromatic N) is 2. The number of aliphatic carboxylic acids is 1. The number of hydrogen-bond donors (Lipinski definition) is 3. The first kappa shape index (κ1) is 47.8. The fourth-order valence-electron chi connectivity index (χ4n) is 7.48. The summed E-state index contributed by atoms with van der Waals surface area (Å²) in [7, 11) is -5.50. The highest BCUT2D eigenvalue weighted by molar-refractivity contribution is 7.86. The van der Waals surface area contributed by atoms with Gasteiger partial charge in [0.1, 0.15) is 24.7 Å². The van der Waals surface area contributed by atoms with Crippen molar-refractivity contribution in [2.45, 2.75) is 63.7 Å². The predicted octanol–water partition coefficient (Wildman–Crippen LogP) is 7.46. The summed E-state index contributed by atoms with van der Waals surface area (Å²) in [5.41, 5.74) is 4.81. The van der Waals surface area contributed by atoms with Crippen molar-refractivity contribution in [1.82, 2.24) is 4.58 Å². The zero-order chi connectivity index (χ0) is 44.1. The molecular weight excluding hydrogens is 809 g/mol. The van der Waals surface area contributed by atoms with Gasteiger partial charge in [-0.3, -0.25) is 13.9 Å². The van der Waals surface area contributed by atoms with E-state index in [1.807, 2.05) is 81.2 Å². The van der Waals surface area contributed by atoms with Gasteiger partial charge in [0, 0.05) is 61.2 Å². The van der Waals surface area contributed by atoms with Crippen LogP contribution in [0.15, 0.2) is 106 Å². The van der Waals surface area contributed by atoms with Crippen molar-refractivity contribution < 1.29 is 49.7 Å². The fourth-order valence-corrected chi connectivity index (χ4v) is 8.48. The molecule has 0 bridgehead atoms. The van der Waals surface area contributed by atoms with E-state index in [1.54, 1.807) is 26.4 Å². The average Bonchev–Trinajstić information content (AvgIpc) is 3.43. The topological polar surface area (TPSA) is 184 Å². The van der Waals surface area contributed by atoms with Gasteiger partial charge in [0.15, 0.2) is 13.1 Å². The van der Waals surface area contributed by atoms with E-state index in [-0.39, 0.29) is 30.7 Å². The average molecular weight is 866 g/mol. The first-order valence-corrected chi connectivity index (χ1v) is 22.9. The van der Waals surface area contributed by atoms with Crippen LogP contribution in [0.4, 0.5) is 5.69 Å². The van der Waals surface area contributed by atoms with Gasteiger partial charge >= 0.3 is 5.97 Å². The second kappa shape index (κ2) is 21.6. The van der Waals surface area contributed by atoms with Crippen molar-refractivity contribution in [3.05, 3.63) is 119 Å². The summed E-state index contributed by atoms with van der Waals surface area (Å²) in [4.78, 5) is 13.0. The second-order valence-corrected chi connectivity index (χ2v) is 17.3. The predicted molar refractivity (Wildman–Crippen MR) is 235 cm³/mol. The maximum Gasteiger partial charge on any atom is 0.303 e. The maximum absolute atomic E-state index is 12.2. The lowest BCUT2D eigenvalue weighted by atomic mass is 9.77. The molecule has 1 atom stereocenters. The van der Waals surface area contributed by atoms with Gasteiger partial charge in [-0.15, -0.1) is 0 Å². The molecule has 0 aromatic heterocycles. The van der Waals surface area contributed by atoms with Crippen LogP contribution in [0.1, 0.15) is 63.3 Å². The molecule has 0 saturated carbocycles. The minimum Gasteiger partial charge on any atom is -0.481 e. The van der Waals surface area contributed by atoms with E-state index in [0.29, 0.717) is 61.2 Å². The number of carboxylic acid groups (broad SMARTS) is 1. The van der Waals surface area contributed by atoms with Crippen LogP contribution in [0, 0.1) is 6.92 Å². The molecule has 0 amide bonds. The summed E-state index contributed by atoms with van der Waals surface area (Å²) in [6, 6.07) is 20.4. The molecule has 1 unspecified atom stereocenters. The van der Waals surface area contributed by atoms with Crippen molar-refractivity contribution in [3.8, 4) is 22.5 Å². The fraction of sp³-hybridized carbons (Fsp3) is 0.378. The van der Waals surface area contributed by atoms with Crippen LogP contribution in [-0.4, -0.2) is 89.8 Å². The van der Waals surface area contributed by atoms with E-state index in [2.05, 4.69) is 28.8 Å². The van der Waals surface area contributed by atoms with Gasteiger partial charge in [0.2, 0.25) is 5.36 Å². The van der Waals surface area contributed by atoms with Crippen molar-refractivity contribution in [2.24, 2.45) is 0 Å². The van der Waals surface area contributed by atoms with Gasteiger partial charge < -0.3 is 23.9 Å². The summed E-state index contributed by atoms with van der Waals surface area (Å²) in [6.07, 6.45) is 9.61. The number of carbonyl (C=O) groups is 1. The van der Waals surface area contributed by atoms with Crippen molar-refractivity contribution in [1.29, 1.82) is 0 Å². The number of carboxylic acids is 1. The lowest BCUT2D eigenvalue weighted by Gasteiger charge is -2.30. The molecule has 0 radical (unpaired) electrons. The number of hydrogen-bond acceptors (Lipinski definition) is 9. The van der Waals surface area contributed by atoms with E-state index >= 15 is 0 Å². The molecule has 5 rings (SSSR count). The molecule has 2 aromatic rings. The Balaban J connectivity index is 0.00000391. The first-order valence-electron chi connectivity index (χ1n) is 19.9. The van der Waals surface area contributed by atoms with Crippen molar-refractivity contribution >= 4 is 38.0 Å². The molecule has 1 aliphatic carbocycles. The lowest BCUT2D eigenvalue weighted by molar-refractivity contribution is -0.137.